The van der Waals surface area contributed by atoms with Crippen molar-refractivity contribution in [1.82, 2.24) is 0 Å². The third-order valence-corrected chi connectivity index (χ3v) is 3.02. The molecule has 0 spiro atoms. The van der Waals surface area contributed by atoms with Crippen LogP contribution in [0.1, 0.15) is 5.56 Å². The fourth-order valence-corrected chi connectivity index (χ4v) is 1.78. The van der Waals surface area contributed by atoms with Gasteiger partial charge >= 0.3 is 18.0 Å². The summed E-state index contributed by atoms with van der Waals surface area (Å²) >= 11 is 0. The zero-order valence-corrected chi connectivity index (χ0v) is 11.7. The summed E-state index contributed by atoms with van der Waals surface area (Å²) in [5.41, 5.74) is -2.12. The molecular weight excluding hydrogens is 341 g/mol. The fourth-order valence-electron chi connectivity index (χ4n) is 1.78. The highest BCUT2D eigenvalue weighted by Crippen LogP contribution is 2.53. The molecule has 0 radical (unpaired) electrons. The number of azo groups is 1. The highest BCUT2D eigenvalue weighted by atomic mass is 19.4. The molecule has 24 heavy (non-hydrogen) atoms. The Hall–Kier alpha value is -2.45. The van der Waals surface area contributed by atoms with Gasteiger partial charge in [0.15, 0.2) is 0 Å². The molecule has 2 aromatic rings. The number of rotatable bonds is 4. The maximum atomic E-state index is 13.8. The number of nitrogens with zero attached hydrogens (tertiary/aromatic N) is 2. The van der Waals surface area contributed by atoms with Crippen LogP contribution in [0.5, 0.6) is 0 Å². The van der Waals surface area contributed by atoms with Crippen LogP contribution in [-0.2, 0) is 5.92 Å². The Morgan fingerprint density at radius 2 is 1.17 bits per heavy atom. The molecule has 0 aliphatic rings. The first-order valence-electron chi connectivity index (χ1n) is 6.46. The first kappa shape index (κ1) is 17.9. The van der Waals surface area contributed by atoms with Crippen LogP contribution >= 0.6 is 0 Å². The minimum atomic E-state index is -6.42. The van der Waals surface area contributed by atoms with E-state index in [0.717, 1.165) is 12.1 Å². The quantitative estimate of drug-likeness (QED) is 0.451. The lowest BCUT2D eigenvalue weighted by Gasteiger charge is -2.28. The summed E-state index contributed by atoms with van der Waals surface area (Å²) in [5.74, 6) is -11.8. The van der Waals surface area contributed by atoms with Crippen LogP contribution in [0.15, 0.2) is 64.8 Å². The van der Waals surface area contributed by atoms with E-state index in [2.05, 4.69) is 10.2 Å². The van der Waals surface area contributed by atoms with Crippen molar-refractivity contribution in [2.45, 2.75) is 18.0 Å². The Kier molecular flexibility index (Phi) is 4.63. The second kappa shape index (κ2) is 6.21. The molecule has 0 bridgehead atoms. The van der Waals surface area contributed by atoms with Crippen LogP contribution in [-0.4, -0.2) is 12.1 Å². The van der Waals surface area contributed by atoms with Crippen LogP contribution in [0.25, 0.3) is 0 Å². The zero-order chi connectivity index (χ0) is 18.0. The van der Waals surface area contributed by atoms with Gasteiger partial charge in [-0.2, -0.15) is 41.0 Å². The lowest BCUT2D eigenvalue weighted by atomic mass is 10.00. The molecule has 0 saturated heterocycles. The number of benzene rings is 2. The van der Waals surface area contributed by atoms with E-state index in [4.69, 9.17) is 0 Å². The van der Waals surface area contributed by atoms with Gasteiger partial charge in [-0.1, -0.05) is 36.4 Å². The Balaban J connectivity index is 2.47. The second-order valence-electron chi connectivity index (χ2n) is 4.70. The summed E-state index contributed by atoms with van der Waals surface area (Å²) < 4.78 is 91.0. The van der Waals surface area contributed by atoms with Gasteiger partial charge < -0.3 is 0 Å². The summed E-state index contributed by atoms with van der Waals surface area (Å²) in [6, 6.07) is 11.1. The monoisotopic (exact) mass is 350 g/mol. The molecule has 9 heteroatoms. The van der Waals surface area contributed by atoms with E-state index in [0.29, 0.717) is 6.07 Å². The summed E-state index contributed by atoms with van der Waals surface area (Å²) in [7, 11) is 0. The van der Waals surface area contributed by atoms with Crippen molar-refractivity contribution in [2.75, 3.05) is 0 Å². The molecule has 0 saturated carbocycles. The van der Waals surface area contributed by atoms with E-state index in [1.807, 2.05) is 0 Å². The molecule has 0 atom stereocenters. The largest absolute Gasteiger partial charge is 0.460 e. The van der Waals surface area contributed by atoms with E-state index in [-0.39, 0.29) is 5.69 Å². The van der Waals surface area contributed by atoms with Gasteiger partial charge in [0.1, 0.15) is 0 Å². The van der Waals surface area contributed by atoms with Gasteiger partial charge in [0.05, 0.1) is 16.9 Å². The molecule has 0 N–H and O–H groups in total. The predicted molar refractivity (Wildman–Crippen MR) is 72.0 cm³/mol. The SMILES string of the molecule is FC(F)(F)C(F)(F)C(F)(F)c1ccccc1N=Nc1ccccc1. The smallest absolute Gasteiger partial charge is 0.194 e. The average molecular weight is 350 g/mol. The van der Waals surface area contributed by atoms with Crippen molar-refractivity contribution in [1.29, 1.82) is 0 Å². The van der Waals surface area contributed by atoms with Gasteiger partial charge in [-0.25, -0.2) is 0 Å². The van der Waals surface area contributed by atoms with Crippen molar-refractivity contribution in [3.63, 3.8) is 0 Å². The maximum Gasteiger partial charge on any atom is 0.460 e. The van der Waals surface area contributed by atoms with Crippen LogP contribution in [0, 0.1) is 0 Å². The Labute approximate surface area is 131 Å². The Morgan fingerprint density at radius 1 is 0.625 bits per heavy atom. The summed E-state index contributed by atoms with van der Waals surface area (Å²) in [5, 5.41) is 6.94. The summed E-state index contributed by atoms with van der Waals surface area (Å²) in [6.45, 7) is 0. The molecule has 0 unspecified atom stereocenters. The minimum Gasteiger partial charge on any atom is -0.194 e. The topological polar surface area (TPSA) is 24.7 Å². The molecule has 0 fully saturated rings. The van der Waals surface area contributed by atoms with Crippen molar-refractivity contribution >= 4 is 11.4 Å². The average Bonchev–Trinajstić information content (AvgIpc) is 2.53. The lowest BCUT2D eigenvalue weighted by molar-refractivity contribution is -0.359. The van der Waals surface area contributed by atoms with Gasteiger partial charge in [0.2, 0.25) is 0 Å². The number of alkyl halides is 7. The van der Waals surface area contributed by atoms with Gasteiger partial charge in [0, 0.05) is 0 Å². The van der Waals surface area contributed by atoms with Crippen molar-refractivity contribution in [3.05, 3.63) is 60.2 Å². The van der Waals surface area contributed by atoms with Crippen molar-refractivity contribution < 1.29 is 30.7 Å². The van der Waals surface area contributed by atoms with Crippen molar-refractivity contribution in [2.24, 2.45) is 10.2 Å². The number of hydrogen-bond acceptors (Lipinski definition) is 2. The normalized spacial score (nSPS) is 13.5. The Bertz CT molecular complexity index is 724. The zero-order valence-electron chi connectivity index (χ0n) is 11.7. The second-order valence-corrected chi connectivity index (χ2v) is 4.70. The third-order valence-electron chi connectivity index (χ3n) is 3.02. The summed E-state index contributed by atoms with van der Waals surface area (Å²) in [6.07, 6.45) is -6.42. The molecule has 2 aromatic carbocycles. The minimum absolute atomic E-state index is 0.221. The van der Waals surface area contributed by atoms with Gasteiger partial charge in [-0.15, -0.1) is 0 Å². The van der Waals surface area contributed by atoms with Crippen LogP contribution < -0.4 is 0 Å². The molecule has 0 aromatic heterocycles. The highest BCUT2D eigenvalue weighted by molar-refractivity contribution is 5.49. The summed E-state index contributed by atoms with van der Waals surface area (Å²) in [4.78, 5) is 0. The molecule has 0 amide bonds. The van der Waals surface area contributed by atoms with Crippen LogP contribution in [0.3, 0.4) is 0 Å². The third kappa shape index (κ3) is 3.24. The van der Waals surface area contributed by atoms with E-state index >= 15 is 0 Å². The van der Waals surface area contributed by atoms with Gasteiger partial charge in [-0.3, -0.25) is 0 Å². The fraction of sp³-hybridized carbons (Fsp3) is 0.200. The van der Waals surface area contributed by atoms with E-state index in [9.17, 15) is 30.7 Å². The predicted octanol–water partition coefficient (Wildman–Crippen LogP) is 6.39. The molecule has 0 aliphatic carbocycles. The van der Waals surface area contributed by atoms with Crippen LogP contribution in [0.4, 0.5) is 42.1 Å². The van der Waals surface area contributed by atoms with Gasteiger partial charge in [0.25, 0.3) is 0 Å². The standard InChI is InChI=1S/C15H9F7N2/c16-13(17,14(18,19)15(20,21)22)11-8-4-5-9-12(11)24-23-10-6-2-1-3-7-10/h1-9H. The Morgan fingerprint density at radius 3 is 1.75 bits per heavy atom. The number of halogens is 7. The molecular formula is C15H9F7N2. The van der Waals surface area contributed by atoms with E-state index in [1.165, 1.54) is 18.2 Å². The highest BCUT2D eigenvalue weighted by Gasteiger charge is 2.74. The molecule has 2 nitrogen and oxygen atoms in total. The molecule has 0 heterocycles. The number of hydrogen-bond donors (Lipinski definition) is 0. The van der Waals surface area contributed by atoms with E-state index < -0.39 is 29.3 Å². The van der Waals surface area contributed by atoms with Crippen molar-refractivity contribution in [3.8, 4) is 0 Å². The van der Waals surface area contributed by atoms with E-state index in [1.54, 1.807) is 18.2 Å². The first-order valence-corrected chi connectivity index (χ1v) is 6.46. The lowest BCUT2D eigenvalue weighted by Crippen LogP contribution is -2.50. The maximum absolute atomic E-state index is 13.8. The molecule has 2 rings (SSSR count). The molecule has 0 aliphatic heterocycles. The molecule has 128 valence electrons. The first-order chi connectivity index (χ1) is 11.1. The van der Waals surface area contributed by atoms with Gasteiger partial charge in [-0.05, 0) is 18.2 Å². The van der Waals surface area contributed by atoms with Crippen LogP contribution in [0.2, 0.25) is 0 Å².